The molecule has 2 unspecified atom stereocenters. The molecule has 2 N–H and O–H groups in total. The molecule has 3 rings (SSSR count). The van der Waals surface area contributed by atoms with E-state index in [0.29, 0.717) is 6.04 Å². The van der Waals surface area contributed by atoms with Crippen molar-refractivity contribution in [2.75, 3.05) is 46.3 Å². The summed E-state index contributed by atoms with van der Waals surface area (Å²) in [6, 6.07) is 1.47. The fourth-order valence-corrected chi connectivity index (χ4v) is 3.59. The standard InChI is InChI=1S/C16H31N5/c1-3-17-16(18-10-13-6-8-20(2)11-13)19-14-7-9-21(12-14)15-4-5-15/h13-15H,3-12H2,1-2H3,(H2,17,18,19). The summed E-state index contributed by atoms with van der Waals surface area (Å²) in [6.07, 6.45) is 5.37. The summed E-state index contributed by atoms with van der Waals surface area (Å²) in [5.41, 5.74) is 0. The number of guanidine groups is 1. The van der Waals surface area contributed by atoms with Gasteiger partial charge in [-0.15, -0.1) is 0 Å². The van der Waals surface area contributed by atoms with E-state index in [1.54, 1.807) is 0 Å². The molecule has 0 spiro atoms. The van der Waals surface area contributed by atoms with Gasteiger partial charge in [-0.1, -0.05) is 0 Å². The third-order valence-electron chi connectivity index (χ3n) is 4.96. The van der Waals surface area contributed by atoms with Gasteiger partial charge >= 0.3 is 0 Å². The summed E-state index contributed by atoms with van der Waals surface area (Å²) < 4.78 is 0. The molecule has 2 aliphatic heterocycles. The van der Waals surface area contributed by atoms with Gasteiger partial charge in [-0.2, -0.15) is 0 Å². The van der Waals surface area contributed by atoms with Crippen LogP contribution >= 0.6 is 0 Å². The molecule has 0 amide bonds. The fourth-order valence-electron chi connectivity index (χ4n) is 3.59. The second-order valence-electron chi connectivity index (χ2n) is 6.99. The van der Waals surface area contributed by atoms with Crippen LogP contribution < -0.4 is 10.6 Å². The third kappa shape index (κ3) is 4.33. The normalized spacial score (nSPS) is 31.8. The van der Waals surface area contributed by atoms with Crippen LogP contribution in [0.2, 0.25) is 0 Å². The van der Waals surface area contributed by atoms with E-state index in [4.69, 9.17) is 4.99 Å². The monoisotopic (exact) mass is 293 g/mol. The van der Waals surface area contributed by atoms with Crippen LogP contribution in [0.5, 0.6) is 0 Å². The molecule has 1 saturated carbocycles. The van der Waals surface area contributed by atoms with Crippen LogP contribution in [-0.2, 0) is 0 Å². The number of nitrogens with zero attached hydrogens (tertiary/aromatic N) is 3. The van der Waals surface area contributed by atoms with Crippen molar-refractivity contribution in [3.05, 3.63) is 0 Å². The van der Waals surface area contributed by atoms with Crippen molar-refractivity contribution in [1.29, 1.82) is 0 Å². The van der Waals surface area contributed by atoms with Crippen LogP contribution in [0.25, 0.3) is 0 Å². The lowest BCUT2D eigenvalue weighted by Gasteiger charge is -2.19. The second-order valence-corrected chi connectivity index (χ2v) is 6.99. The summed E-state index contributed by atoms with van der Waals surface area (Å²) in [5.74, 6) is 1.76. The maximum atomic E-state index is 4.83. The van der Waals surface area contributed by atoms with Crippen molar-refractivity contribution in [2.24, 2.45) is 10.9 Å². The Labute approximate surface area is 129 Å². The summed E-state index contributed by atoms with van der Waals surface area (Å²) in [7, 11) is 2.21. The van der Waals surface area contributed by atoms with Gasteiger partial charge in [0.1, 0.15) is 0 Å². The maximum absolute atomic E-state index is 4.83. The van der Waals surface area contributed by atoms with Gasteiger partial charge in [-0.05, 0) is 52.1 Å². The summed E-state index contributed by atoms with van der Waals surface area (Å²) in [6.45, 7) is 8.92. The van der Waals surface area contributed by atoms with Gasteiger partial charge in [0.05, 0.1) is 0 Å². The van der Waals surface area contributed by atoms with Crippen LogP contribution in [-0.4, -0.2) is 74.2 Å². The minimum Gasteiger partial charge on any atom is -0.357 e. The highest BCUT2D eigenvalue weighted by molar-refractivity contribution is 5.80. The molecule has 2 saturated heterocycles. The van der Waals surface area contributed by atoms with E-state index >= 15 is 0 Å². The number of hydrogen-bond acceptors (Lipinski definition) is 3. The molecule has 3 fully saturated rings. The summed E-state index contributed by atoms with van der Waals surface area (Å²) >= 11 is 0. The number of aliphatic imine (C=N–C) groups is 1. The second kappa shape index (κ2) is 6.97. The largest absolute Gasteiger partial charge is 0.357 e. The Morgan fingerprint density at radius 1 is 1.14 bits per heavy atom. The molecule has 2 atom stereocenters. The first kappa shape index (κ1) is 15.1. The van der Waals surface area contributed by atoms with Crippen LogP contribution in [0, 0.1) is 5.92 Å². The van der Waals surface area contributed by atoms with E-state index in [1.165, 1.54) is 51.9 Å². The number of rotatable bonds is 5. The lowest BCUT2D eigenvalue weighted by Crippen LogP contribution is -2.45. The average Bonchev–Trinajstić information content (AvgIpc) is 3.08. The van der Waals surface area contributed by atoms with Gasteiger partial charge in [-0.3, -0.25) is 9.89 Å². The topological polar surface area (TPSA) is 42.9 Å². The minimum atomic E-state index is 0.578. The molecule has 0 bridgehead atoms. The molecule has 21 heavy (non-hydrogen) atoms. The molecule has 0 radical (unpaired) electrons. The van der Waals surface area contributed by atoms with Crippen molar-refractivity contribution in [3.8, 4) is 0 Å². The predicted molar refractivity (Wildman–Crippen MR) is 87.7 cm³/mol. The van der Waals surface area contributed by atoms with E-state index < -0.39 is 0 Å². The van der Waals surface area contributed by atoms with E-state index in [0.717, 1.165) is 31.0 Å². The van der Waals surface area contributed by atoms with Crippen LogP contribution in [0.1, 0.15) is 32.6 Å². The van der Waals surface area contributed by atoms with Gasteiger partial charge in [0.25, 0.3) is 0 Å². The van der Waals surface area contributed by atoms with E-state index in [1.807, 2.05) is 0 Å². The fraction of sp³-hybridized carbons (Fsp3) is 0.938. The van der Waals surface area contributed by atoms with Crippen LogP contribution in [0.3, 0.4) is 0 Å². The van der Waals surface area contributed by atoms with Gasteiger partial charge in [0.2, 0.25) is 0 Å². The smallest absolute Gasteiger partial charge is 0.191 e. The zero-order valence-corrected chi connectivity index (χ0v) is 13.6. The molecule has 2 heterocycles. The molecular formula is C16H31N5. The molecular weight excluding hydrogens is 262 g/mol. The minimum absolute atomic E-state index is 0.578. The van der Waals surface area contributed by atoms with E-state index in [2.05, 4.69) is 34.4 Å². The van der Waals surface area contributed by atoms with Gasteiger partial charge in [0.15, 0.2) is 5.96 Å². The quantitative estimate of drug-likeness (QED) is 0.579. The Morgan fingerprint density at radius 3 is 2.67 bits per heavy atom. The molecule has 1 aliphatic carbocycles. The summed E-state index contributed by atoms with van der Waals surface area (Å²) in [4.78, 5) is 9.88. The van der Waals surface area contributed by atoms with Crippen molar-refractivity contribution < 1.29 is 0 Å². The molecule has 5 heteroatoms. The molecule has 0 aromatic heterocycles. The zero-order chi connectivity index (χ0) is 14.7. The molecule has 120 valence electrons. The Morgan fingerprint density at radius 2 is 2.00 bits per heavy atom. The highest BCUT2D eigenvalue weighted by Crippen LogP contribution is 2.29. The zero-order valence-electron chi connectivity index (χ0n) is 13.6. The lowest BCUT2D eigenvalue weighted by molar-refractivity contribution is 0.321. The maximum Gasteiger partial charge on any atom is 0.191 e. The Hall–Kier alpha value is -0.810. The number of likely N-dealkylation sites (tertiary alicyclic amines) is 2. The van der Waals surface area contributed by atoms with E-state index in [-0.39, 0.29) is 0 Å². The van der Waals surface area contributed by atoms with Gasteiger partial charge in [-0.25, -0.2) is 0 Å². The van der Waals surface area contributed by atoms with Crippen LogP contribution in [0.15, 0.2) is 4.99 Å². The highest BCUT2D eigenvalue weighted by atomic mass is 15.3. The third-order valence-corrected chi connectivity index (χ3v) is 4.96. The highest BCUT2D eigenvalue weighted by Gasteiger charge is 2.34. The SMILES string of the molecule is CCNC(=NCC1CCN(C)C1)NC1CCN(C2CC2)C1. The first-order valence-corrected chi connectivity index (χ1v) is 8.72. The molecule has 0 aromatic rings. The predicted octanol–water partition coefficient (Wildman–Crippen LogP) is 0.730. The van der Waals surface area contributed by atoms with Crippen molar-refractivity contribution >= 4 is 5.96 Å². The van der Waals surface area contributed by atoms with Crippen LogP contribution in [0.4, 0.5) is 0 Å². The van der Waals surface area contributed by atoms with Crippen molar-refractivity contribution in [2.45, 2.75) is 44.7 Å². The first-order chi connectivity index (χ1) is 10.2. The number of hydrogen-bond donors (Lipinski definition) is 2. The first-order valence-electron chi connectivity index (χ1n) is 8.72. The molecule has 0 aromatic carbocycles. The van der Waals surface area contributed by atoms with Gasteiger partial charge < -0.3 is 15.5 Å². The Kier molecular flexibility index (Phi) is 5.01. The van der Waals surface area contributed by atoms with Gasteiger partial charge in [0, 0.05) is 44.8 Å². The Balaban J connectivity index is 1.46. The van der Waals surface area contributed by atoms with Crippen molar-refractivity contribution in [1.82, 2.24) is 20.4 Å². The summed E-state index contributed by atoms with van der Waals surface area (Å²) in [5, 5.41) is 7.06. The number of nitrogens with one attached hydrogen (secondary N) is 2. The average molecular weight is 293 g/mol. The lowest BCUT2D eigenvalue weighted by atomic mass is 10.1. The molecule has 5 nitrogen and oxygen atoms in total. The molecule has 3 aliphatic rings. The Bertz CT molecular complexity index is 366. The van der Waals surface area contributed by atoms with Crippen molar-refractivity contribution in [3.63, 3.8) is 0 Å². The van der Waals surface area contributed by atoms with E-state index in [9.17, 15) is 0 Å².